The summed E-state index contributed by atoms with van der Waals surface area (Å²) in [5, 5.41) is 8.89. The van der Waals surface area contributed by atoms with Gasteiger partial charge in [0.05, 0.1) is 5.75 Å². The first-order chi connectivity index (χ1) is 10.0. The zero-order chi connectivity index (χ0) is 15.2. The van der Waals surface area contributed by atoms with Gasteiger partial charge in [-0.15, -0.1) is 11.8 Å². The highest BCUT2D eigenvalue weighted by Crippen LogP contribution is 2.29. The summed E-state index contributed by atoms with van der Waals surface area (Å²) in [4.78, 5) is 24.5. The Labute approximate surface area is 129 Å². The summed E-state index contributed by atoms with van der Waals surface area (Å²) in [6.07, 6.45) is 2.22. The summed E-state index contributed by atoms with van der Waals surface area (Å²) in [5.41, 5.74) is 2.40. The number of hydrogen-bond donors (Lipinski definition) is 1. The van der Waals surface area contributed by atoms with E-state index in [1.54, 1.807) is 0 Å². The van der Waals surface area contributed by atoms with Crippen LogP contribution in [0.3, 0.4) is 0 Å². The molecule has 5 heteroatoms. The van der Waals surface area contributed by atoms with E-state index in [-0.39, 0.29) is 12.5 Å². The summed E-state index contributed by atoms with van der Waals surface area (Å²) in [7, 11) is 0. The van der Waals surface area contributed by atoms with E-state index in [2.05, 4.69) is 24.3 Å². The van der Waals surface area contributed by atoms with E-state index >= 15 is 0 Å². The summed E-state index contributed by atoms with van der Waals surface area (Å²) in [5.74, 6) is 0.619. The highest BCUT2D eigenvalue weighted by Gasteiger charge is 2.27. The molecule has 0 atom stereocenters. The van der Waals surface area contributed by atoms with Crippen LogP contribution in [0.1, 0.15) is 24.0 Å². The molecule has 1 aromatic carbocycles. The number of aliphatic carboxylic acids is 1. The van der Waals surface area contributed by atoms with Crippen LogP contribution in [0.5, 0.6) is 0 Å². The largest absolute Gasteiger partial charge is 0.480 e. The van der Waals surface area contributed by atoms with Crippen LogP contribution in [0.2, 0.25) is 0 Å². The van der Waals surface area contributed by atoms with Gasteiger partial charge in [-0.2, -0.15) is 0 Å². The second-order valence-electron chi connectivity index (χ2n) is 5.59. The quantitative estimate of drug-likeness (QED) is 0.802. The Morgan fingerprint density at radius 3 is 2.52 bits per heavy atom. The molecule has 1 aliphatic rings. The number of benzene rings is 1. The SMILES string of the molecule is Cc1ccc(CSCC(=O)N(CC(=O)O)CC2CC2)cc1. The van der Waals surface area contributed by atoms with Crippen molar-refractivity contribution in [3.63, 3.8) is 0 Å². The van der Waals surface area contributed by atoms with Crippen LogP contribution in [0.25, 0.3) is 0 Å². The van der Waals surface area contributed by atoms with Crippen molar-refractivity contribution >= 4 is 23.6 Å². The normalized spacial score (nSPS) is 14.0. The predicted molar refractivity (Wildman–Crippen MR) is 84.3 cm³/mol. The average Bonchev–Trinajstić information content (AvgIpc) is 3.23. The molecule has 0 spiro atoms. The lowest BCUT2D eigenvalue weighted by molar-refractivity contribution is -0.143. The zero-order valence-corrected chi connectivity index (χ0v) is 13.1. The number of rotatable bonds is 8. The summed E-state index contributed by atoms with van der Waals surface area (Å²) in [6, 6.07) is 8.24. The molecule has 0 aliphatic heterocycles. The van der Waals surface area contributed by atoms with Gasteiger partial charge < -0.3 is 10.0 Å². The summed E-state index contributed by atoms with van der Waals surface area (Å²) in [6.45, 7) is 2.46. The maximum Gasteiger partial charge on any atom is 0.323 e. The van der Waals surface area contributed by atoms with Gasteiger partial charge in [0.1, 0.15) is 6.54 Å². The molecule has 1 fully saturated rings. The Morgan fingerprint density at radius 2 is 1.95 bits per heavy atom. The second-order valence-corrected chi connectivity index (χ2v) is 6.58. The van der Waals surface area contributed by atoms with Crippen LogP contribution >= 0.6 is 11.8 Å². The third-order valence-corrected chi connectivity index (χ3v) is 4.46. The number of carbonyl (C=O) groups excluding carboxylic acids is 1. The molecule has 0 radical (unpaired) electrons. The monoisotopic (exact) mass is 307 g/mol. The molecule has 1 aliphatic carbocycles. The van der Waals surface area contributed by atoms with Crippen LogP contribution in [0.15, 0.2) is 24.3 Å². The van der Waals surface area contributed by atoms with E-state index in [0.29, 0.717) is 18.2 Å². The fourth-order valence-corrected chi connectivity index (χ4v) is 2.95. The fourth-order valence-electron chi connectivity index (χ4n) is 2.06. The average molecular weight is 307 g/mol. The maximum absolute atomic E-state index is 12.1. The van der Waals surface area contributed by atoms with Crippen LogP contribution in [0.4, 0.5) is 0 Å². The Balaban J connectivity index is 1.77. The predicted octanol–water partition coefficient (Wildman–Crippen LogP) is 2.55. The standard InChI is InChI=1S/C16H21NO3S/c1-12-2-4-14(5-3-12)10-21-11-15(18)17(9-16(19)20)8-13-6-7-13/h2-5,13H,6-11H2,1H3,(H,19,20). The maximum atomic E-state index is 12.1. The van der Waals surface area contributed by atoms with Crippen molar-refractivity contribution in [3.05, 3.63) is 35.4 Å². The molecule has 0 unspecified atom stereocenters. The zero-order valence-electron chi connectivity index (χ0n) is 12.2. The Hall–Kier alpha value is -1.49. The molecule has 0 heterocycles. The number of hydrogen-bond acceptors (Lipinski definition) is 3. The van der Waals surface area contributed by atoms with Crippen molar-refractivity contribution < 1.29 is 14.7 Å². The second kappa shape index (κ2) is 7.50. The minimum Gasteiger partial charge on any atom is -0.480 e. The minimum atomic E-state index is -0.937. The van der Waals surface area contributed by atoms with Crippen LogP contribution in [-0.4, -0.2) is 40.7 Å². The minimum absolute atomic E-state index is 0.0681. The Bertz CT molecular complexity index is 497. The lowest BCUT2D eigenvalue weighted by Gasteiger charge is -2.20. The van der Waals surface area contributed by atoms with Gasteiger partial charge in [0.25, 0.3) is 0 Å². The van der Waals surface area contributed by atoms with Gasteiger partial charge in [-0.1, -0.05) is 29.8 Å². The molecule has 1 N–H and O–H groups in total. The van der Waals surface area contributed by atoms with Crippen LogP contribution in [0, 0.1) is 12.8 Å². The number of aryl methyl sites for hydroxylation is 1. The van der Waals surface area contributed by atoms with E-state index in [4.69, 9.17) is 5.11 Å². The third kappa shape index (κ3) is 5.79. The third-order valence-electron chi connectivity index (χ3n) is 3.47. The van der Waals surface area contributed by atoms with Gasteiger partial charge >= 0.3 is 5.97 Å². The van der Waals surface area contributed by atoms with Gasteiger partial charge in [0.2, 0.25) is 5.91 Å². The first-order valence-electron chi connectivity index (χ1n) is 7.17. The van der Waals surface area contributed by atoms with Crippen molar-refractivity contribution in [2.75, 3.05) is 18.8 Å². The number of thioether (sulfide) groups is 1. The van der Waals surface area contributed by atoms with E-state index in [1.807, 2.05) is 6.92 Å². The molecule has 1 amide bonds. The van der Waals surface area contributed by atoms with E-state index in [1.165, 1.54) is 27.8 Å². The van der Waals surface area contributed by atoms with Crippen LogP contribution in [-0.2, 0) is 15.3 Å². The fraction of sp³-hybridized carbons (Fsp3) is 0.500. The summed E-state index contributed by atoms with van der Waals surface area (Å²) < 4.78 is 0. The number of nitrogens with zero attached hydrogens (tertiary/aromatic N) is 1. The number of carboxylic acids is 1. The molecule has 114 valence electrons. The smallest absolute Gasteiger partial charge is 0.323 e. The van der Waals surface area contributed by atoms with E-state index in [0.717, 1.165) is 18.6 Å². The Kier molecular flexibility index (Phi) is 5.67. The summed E-state index contributed by atoms with van der Waals surface area (Å²) >= 11 is 1.54. The van der Waals surface area contributed by atoms with Crippen LogP contribution < -0.4 is 0 Å². The molecule has 21 heavy (non-hydrogen) atoms. The molecule has 0 bridgehead atoms. The molecular weight excluding hydrogens is 286 g/mol. The van der Waals surface area contributed by atoms with Crippen molar-refractivity contribution in [2.24, 2.45) is 5.92 Å². The molecule has 1 aromatic rings. The first kappa shape index (κ1) is 15.9. The highest BCUT2D eigenvalue weighted by molar-refractivity contribution is 7.99. The molecule has 1 saturated carbocycles. The van der Waals surface area contributed by atoms with E-state index in [9.17, 15) is 9.59 Å². The van der Waals surface area contributed by atoms with Gasteiger partial charge in [0, 0.05) is 12.3 Å². The van der Waals surface area contributed by atoms with Crippen molar-refractivity contribution in [3.8, 4) is 0 Å². The Morgan fingerprint density at radius 1 is 1.29 bits per heavy atom. The molecular formula is C16H21NO3S. The van der Waals surface area contributed by atoms with Crippen molar-refractivity contribution in [1.82, 2.24) is 4.90 Å². The van der Waals surface area contributed by atoms with Crippen molar-refractivity contribution in [1.29, 1.82) is 0 Å². The number of carbonyl (C=O) groups is 2. The van der Waals surface area contributed by atoms with Gasteiger partial charge in [-0.3, -0.25) is 9.59 Å². The number of amides is 1. The van der Waals surface area contributed by atoms with E-state index < -0.39 is 5.97 Å². The molecule has 0 aromatic heterocycles. The highest BCUT2D eigenvalue weighted by atomic mass is 32.2. The lowest BCUT2D eigenvalue weighted by Crippen LogP contribution is -2.38. The first-order valence-corrected chi connectivity index (χ1v) is 8.33. The number of carboxylic acid groups (broad SMARTS) is 1. The van der Waals surface area contributed by atoms with Gasteiger partial charge in [-0.05, 0) is 31.2 Å². The van der Waals surface area contributed by atoms with Gasteiger partial charge in [0.15, 0.2) is 0 Å². The molecule has 0 saturated heterocycles. The van der Waals surface area contributed by atoms with Gasteiger partial charge in [-0.25, -0.2) is 0 Å². The molecule has 2 rings (SSSR count). The molecule has 4 nitrogen and oxygen atoms in total. The lowest BCUT2D eigenvalue weighted by atomic mass is 10.2. The van der Waals surface area contributed by atoms with Crippen molar-refractivity contribution in [2.45, 2.75) is 25.5 Å². The topological polar surface area (TPSA) is 57.6 Å².